The van der Waals surface area contributed by atoms with E-state index in [4.69, 9.17) is 4.74 Å². The zero-order valence-electron chi connectivity index (χ0n) is 11.0. The Morgan fingerprint density at radius 2 is 2.05 bits per heavy atom. The molecule has 1 N–H and O–H groups in total. The summed E-state index contributed by atoms with van der Waals surface area (Å²) >= 11 is 0. The maximum atomic E-state index is 13.4. The van der Waals surface area contributed by atoms with Crippen LogP contribution in [0.3, 0.4) is 0 Å². The first kappa shape index (κ1) is 14.0. The Balaban J connectivity index is 2.42. The van der Waals surface area contributed by atoms with E-state index in [0.717, 1.165) is 11.0 Å². The molecule has 0 spiro atoms. The van der Waals surface area contributed by atoms with E-state index in [9.17, 15) is 18.8 Å². The largest absolute Gasteiger partial charge is 0.494 e. The van der Waals surface area contributed by atoms with Crippen LogP contribution < -0.4 is 15.0 Å². The summed E-state index contributed by atoms with van der Waals surface area (Å²) in [7, 11) is 1.28. The first-order valence-corrected chi connectivity index (χ1v) is 6.02. The van der Waals surface area contributed by atoms with Crippen LogP contribution in [0.4, 0.5) is 14.9 Å². The number of methoxy groups -OCH3 is 1. The average Bonchev–Trinajstić information content (AvgIpc) is 2.40. The highest BCUT2D eigenvalue weighted by Crippen LogP contribution is 2.27. The second-order valence-electron chi connectivity index (χ2n) is 4.25. The Morgan fingerprint density at radius 1 is 1.35 bits per heavy atom. The lowest BCUT2D eigenvalue weighted by Gasteiger charge is -2.29. The molecule has 1 aromatic rings. The molecule has 6 nitrogen and oxygen atoms in total. The smallest absolute Gasteiger partial charge is 0.335 e. The van der Waals surface area contributed by atoms with Gasteiger partial charge in [0, 0.05) is 6.07 Å². The van der Waals surface area contributed by atoms with Crippen molar-refractivity contribution >= 4 is 23.5 Å². The molecule has 1 saturated heterocycles. The number of barbiturate groups is 1. The van der Waals surface area contributed by atoms with Crippen molar-refractivity contribution in [2.75, 3.05) is 12.0 Å². The Labute approximate surface area is 114 Å². The maximum Gasteiger partial charge on any atom is 0.335 e. The summed E-state index contributed by atoms with van der Waals surface area (Å²) in [6.45, 7) is 1.67. The highest BCUT2D eigenvalue weighted by Gasteiger charge is 2.40. The first-order valence-electron chi connectivity index (χ1n) is 6.02. The fourth-order valence-electron chi connectivity index (χ4n) is 2.01. The summed E-state index contributed by atoms with van der Waals surface area (Å²) in [6.07, 6.45) is 0.271. The lowest BCUT2D eigenvalue weighted by molar-refractivity contribution is -0.134. The van der Waals surface area contributed by atoms with Crippen molar-refractivity contribution in [2.24, 2.45) is 5.92 Å². The fourth-order valence-corrected chi connectivity index (χ4v) is 2.01. The predicted molar refractivity (Wildman–Crippen MR) is 67.8 cm³/mol. The van der Waals surface area contributed by atoms with Crippen LogP contribution in [0.5, 0.6) is 5.75 Å². The molecular weight excluding hydrogens is 267 g/mol. The van der Waals surface area contributed by atoms with E-state index in [1.165, 1.54) is 19.2 Å². The molecule has 2 rings (SSSR count). The molecule has 1 aliphatic heterocycles. The lowest BCUT2D eigenvalue weighted by atomic mass is 10.0. The maximum absolute atomic E-state index is 13.4. The fraction of sp³-hybridized carbons (Fsp3) is 0.308. The van der Waals surface area contributed by atoms with Gasteiger partial charge >= 0.3 is 6.03 Å². The second-order valence-corrected chi connectivity index (χ2v) is 4.25. The molecule has 1 heterocycles. The van der Waals surface area contributed by atoms with Gasteiger partial charge in [-0.2, -0.15) is 0 Å². The van der Waals surface area contributed by atoms with E-state index in [0.29, 0.717) is 0 Å². The molecule has 1 aliphatic rings. The number of amides is 4. The van der Waals surface area contributed by atoms with Crippen molar-refractivity contribution in [1.82, 2.24) is 5.32 Å². The van der Waals surface area contributed by atoms with Gasteiger partial charge in [0.25, 0.3) is 0 Å². The summed E-state index contributed by atoms with van der Waals surface area (Å²) < 4.78 is 18.2. The molecule has 20 heavy (non-hydrogen) atoms. The van der Waals surface area contributed by atoms with E-state index >= 15 is 0 Å². The number of urea groups is 1. The number of carbonyl (C=O) groups is 3. The molecule has 1 unspecified atom stereocenters. The molecule has 1 aromatic carbocycles. The number of halogens is 1. The van der Waals surface area contributed by atoms with Crippen LogP contribution in [0.15, 0.2) is 18.2 Å². The Hall–Kier alpha value is -2.44. The van der Waals surface area contributed by atoms with Crippen molar-refractivity contribution in [2.45, 2.75) is 13.3 Å². The standard InChI is InChI=1S/C13H13FN2O4/c1-3-8-11(17)15-13(19)16(12(8)18)7-4-5-9(14)10(6-7)20-2/h4-6,8H,3H2,1-2H3,(H,15,17,19). The molecule has 0 bridgehead atoms. The zero-order chi connectivity index (χ0) is 14.9. The molecule has 0 radical (unpaired) electrons. The molecule has 106 valence electrons. The van der Waals surface area contributed by atoms with Crippen molar-refractivity contribution < 1.29 is 23.5 Å². The number of nitrogens with one attached hydrogen (secondary N) is 1. The van der Waals surface area contributed by atoms with E-state index < -0.39 is 29.6 Å². The topological polar surface area (TPSA) is 75.7 Å². The highest BCUT2D eigenvalue weighted by atomic mass is 19.1. The average molecular weight is 280 g/mol. The summed E-state index contributed by atoms with van der Waals surface area (Å²) in [5.41, 5.74) is 0.150. The van der Waals surface area contributed by atoms with Gasteiger partial charge in [-0.3, -0.25) is 14.9 Å². The van der Waals surface area contributed by atoms with Gasteiger partial charge in [-0.15, -0.1) is 0 Å². The molecule has 0 saturated carbocycles. The van der Waals surface area contributed by atoms with Gasteiger partial charge in [0.2, 0.25) is 11.8 Å². The summed E-state index contributed by atoms with van der Waals surface area (Å²) in [5, 5.41) is 2.10. The third kappa shape index (κ3) is 2.22. The zero-order valence-corrected chi connectivity index (χ0v) is 11.0. The van der Waals surface area contributed by atoms with E-state index in [1.54, 1.807) is 6.92 Å². The van der Waals surface area contributed by atoms with Crippen molar-refractivity contribution in [3.63, 3.8) is 0 Å². The van der Waals surface area contributed by atoms with Gasteiger partial charge in [0.05, 0.1) is 12.8 Å². The van der Waals surface area contributed by atoms with E-state index in [2.05, 4.69) is 5.32 Å². The van der Waals surface area contributed by atoms with Gasteiger partial charge in [-0.25, -0.2) is 14.1 Å². The Kier molecular flexibility index (Phi) is 3.69. The number of hydrogen-bond acceptors (Lipinski definition) is 4. The van der Waals surface area contributed by atoms with Crippen LogP contribution in [0.2, 0.25) is 0 Å². The number of benzene rings is 1. The Bertz CT molecular complexity index is 588. The van der Waals surface area contributed by atoms with Crippen LogP contribution in [0.1, 0.15) is 13.3 Å². The SMILES string of the molecule is CCC1C(=O)NC(=O)N(c2ccc(F)c(OC)c2)C1=O. The third-order valence-electron chi connectivity index (χ3n) is 3.07. The second kappa shape index (κ2) is 5.28. The summed E-state index contributed by atoms with van der Waals surface area (Å²) in [4.78, 5) is 36.3. The van der Waals surface area contributed by atoms with Gasteiger partial charge < -0.3 is 4.74 Å². The number of hydrogen-bond donors (Lipinski definition) is 1. The van der Waals surface area contributed by atoms with Gasteiger partial charge in [-0.1, -0.05) is 6.92 Å². The molecule has 4 amide bonds. The number of nitrogens with zero attached hydrogens (tertiary/aromatic N) is 1. The number of anilines is 1. The van der Waals surface area contributed by atoms with Crippen molar-refractivity contribution in [3.8, 4) is 5.75 Å². The number of ether oxygens (including phenoxy) is 1. The van der Waals surface area contributed by atoms with Gasteiger partial charge in [0.15, 0.2) is 11.6 Å². The number of carbonyl (C=O) groups excluding carboxylic acids is 3. The number of imide groups is 2. The molecule has 0 aliphatic carbocycles. The van der Waals surface area contributed by atoms with Crippen LogP contribution in [-0.4, -0.2) is 25.0 Å². The monoisotopic (exact) mass is 280 g/mol. The van der Waals surface area contributed by atoms with E-state index in [-0.39, 0.29) is 17.9 Å². The summed E-state index contributed by atoms with van der Waals surface area (Å²) in [6, 6.07) is 2.75. The lowest BCUT2D eigenvalue weighted by Crippen LogP contribution is -2.58. The molecule has 1 atom stereocenters. The quantitative estimate of drug-likeness (QED) is 0.850. The van der Waals surface area contributed by atoms with Crippen molar-refractivity contribution in [1.29, 1.82) is 0 Å². The van der Waals surface area contributed by atoms with E-state index in [1.807, 2.05) is 0 Å². The summed E-state index contributed by atoms with van der Waals surface area (Å²) in [5.74, 6) is -2.87. The first-order chi connectivity index (χ1) is 9.49. The molecule has 0 aromatic heterocycles. The molecule has 7 heteroatoms. The van der Waals surface area contributed by atoms with Crippen LogP contribution >= 0.6 is 0 Å². The minimum absolute atomic E-state index is 0.0898. The van der Waals surface area contributed by atoms with Crippen LogP contribution in [-0.2, 0) is 9.59 Å². The Morgan fingerprint density at radius 3 is 2.65 bits per heavy atom. The van der Waals surface area contributed by atoms with Crippen LogP contribution in [0.25, 0.3) is 0 Å². The predicted octanol–water partition coefficient (Wildman–Crippen LogP) is 1.44. The molecular formula is C13H13FN2O4. The minimum atomic E-state index is -0.927. The van der Waals surface area contributed by atoms with Crippen molar-refractivity contribution in [3.05, 3.63) is 24.0 Å². The minimum Gasteiger partial charge on any atom is -0.494 e. The third-order valence-corrected chi connectivity index (χ3v) is 3.07. The number of rotatable bonds is 3. The van der Waals surface area contributed by atoms with Gasteiger partial charge in [-0.05, 0) is 18.6 Å². The normalized spacial score (nSPS) is 19.1. The van der Waals surface area contributed by atoms with Crippen LogP contribution in [0, 0.1) is 11.7 Å². The molecule has 1 fully saturated rings. The highest BCUT2D eigenvalue weighted by molar-refractivity contribution is 6.27. The van der Waals surface area contributed by atoms with Gasteiger partial charge in [0.1, 0.15) is 5.92 Å².